The van der Waals surface area contributed by atoms with Gasteiger partial charge in [0.1, 0.15) is 0 Å². The van der Waals surface area contributed by atoms with Crippen molar-refractivity contribution in [1.29, 1.82) is 0 Å². The van der Waals surface area contributed by atoms with E-state index < -0.39 is 0 Å². The Balaban J connectivity index is 1.65. The summed E-state index contributed by atoms with van der Waals surface area (Å²) in [6.45, 7) is 4.72. The van der Waals surface area contributed by atoms with Crippen LogP contribution in [0.1, 0.15) is 25.0 Å². The van der Waals surface area contributed by atoms with Gasteiger partial charge in [0.25, 0.3) is 0 Å². The number of fused-ring (bicyclic) bond motifs is 8. The summed E-state index contributed by atoms with van der Waals surface area (Å²) < 4.78 is 2.40. The molecule has 1 heteroatoms. The van der Waals surface area contributed by atoms with Crippen molar-refractivity contribution < 1.29 is 0 Å². The van der Waals surface area contributed by atoms with Crippen molar-refractivity contribution in [2.45, 2.75) is 19.3 Å². The molecular weight excluding hydrogens is 386 g/mol. The van der Waals surface area contributed by atoms with E-state index in [1.165, 1.54) is 60.5 Å². The molecule has 1 aliphatic rings. The predicted octanol–water partition coefficient (Wildman–Crippen LogP) is 8.24. The van der Waals surface area contributed by atoms with Crippen molar-refractivity contribution in [2.24, 2.45) is 0 Å². The van der Waals surface area contributed by atoms with E-state index in [1.54, 1.807) is 0 Å². The van der Waals surface area contributed by atoms with E-state index in [9.17, 15) is 0 Å². The molecule has 0 fully saturated rings. The summed E-state index contributed by atoms with van der Waals surface area (Å²) in [5, 5.41) is 5.30. The molecule has 0 spiro atoms. The first-order valence-corrected chi connectivity index (χ1v) is 11.3. The molecule has 152 valence electrons. The Bertz CT molecular complexity index is 1680. The smallest absolute Gasteiger partial charge is 0.0547 e. The van der Waals surface area contributed by atoms with Gasteiger partial charge >= 0.3 is 0 Å². The molecule has 0 N–H and O–H groups in total. The highest BCUT2D eigenvalue weighted by Gasteiger charge is 2.35. The van der Waals surface area contributed by atoms with Crippen LogP contribution in [0.25, 0.3) is 49.4 Å². The number of benzene rings is 5. The first-order valence-electron chi connectivity index (χ1n) is 11.3. The van der Waals surface area contributed by atoms with Crippen molar-refractivity contribution in [3.05, 3.63) is 114 Å². The second-order valence-electron chi connectivity index (χ2n) is 9.44. The largest absolute Gasteiger partial charge is 0.309 e. The zero-order valence-corrected chi connectivity index (χ0v) is 18.3. The summed E-state index contributed by atoms with van der Waals surface area (Å²) in [5.41, 5.74) is 9.32. The zero-order chi connectivity index (χ0) is 21.4. The summed E-state index contributed by atoms with van der Waals surface area (Å²) in [7, 11) is 0. The van der Waals surface area contributed by atoms with Gasteiger partial charge in [0.05, 0.1) is 11.0 Å². The van der Waals surface area contributed by atoms with Crippen LogP contribution in [0.3, 0.4) is 0 Å². The minimum atomic E-state index is 0.0000801. The maximum Gasteiger partial charge on any atom is 0.0547 e. The first kappa shape index (κ1) is 17.8. The molecule has 1 aromatic heterocycles. The lowest BCUT2D eigenvalue weighted by atomic mass is 9.81. The van der Waals surface area contributed by atoms with E-state index in [0.717, 1.165) is 0 Å². The van der Waals surface area contributed by atoms with Gasteiger partial charge in [0.2, 0.25) is 0 Å². The Hall–Kier alpha value is -3.84. The van der Waals surface area contributed by atoms with Crippen molar-refractivity contribution in [3.63, 3.8) is 0 Å². The number of hydrogen-bond acceptors (Lipinski definition) is 0. The zero-order valence-electron chi connectivity index (χ0n) is 18.3. The SMILES string of the molecule is CC1(C)c2ccccc2-c2cc3ccc4c(c3cc21)c1ccccc1n4-c1ccccc1. The van der Waals surface area contributed by atoms with E-state index in [-0.39, 0.29) is 5.41 Å². The molecule has 32 heavy (non-hydrogen) atoms. The lowest BCUT2D eigenvalue weighted by molar-refractivity contribution is 0.661. The summed E-state index contributed by atoms with van der Waals surface area (Å²) in [4.78, 5) is 0. The molecule has 7 rings (SSSR count). The second kappa shape index (κ2) is 6.11. The van der Waals surface area contributed by atoms with Gasteiger partial charge < -0.3 is 4.57 Å². The van der Waals surface area contributed by atoms with Crippen LogP contribution in [0.15, 0.2) is 103 Å². The number of nitrogens with zero attached hydrogens (tertiary/aromatic N) is 1. The van der Waals surface area contributed by atoms with E-state index in [4.69, 9.17) is 0 Å². The number of para-hydroxylation sites is 2. The Morgan fingerprint density at radius 1 is 0.562 bits per heavy atom. The fourth-order valence-corrected chi connectivity index (χ4v) is 5.84. The third-order valence-corrected chi connectivity index (χ3v) is 7.37. The molecule has 0 saturated carbocycles. The van der Waals surface area contributed by atoms with Gasteiger partial charge in [0.15, 0.2) is 0 Å². The standard InChI is InChI=1S/C31H23N/c1-31(2)26-14-8-6-12-22(26)25-18-20-16-17-29-30(24(20)19-27(25)31)23-13-7-9-15-28(23)32(29)21-10-4-3-5-11-21/h3-19H,1-2H3. The van der Waals surface area contributed by atoms with E-state index in [0.29, 0.717) is 0 Å². The third-order valence-electron chi connectivity index (χ3n) is 7.37. The molecule has 1 heterocycles. The minimum Gasteiger partial charge on any atom is -0.309 e. The van der Waals surface area contributed by atoms with Gasteiger partial charge in [-0.2, -0.15) is 0 Å². The number of hydrogen-bond donors (Lipinski definition) is 0. The van der Waals surface area contributed by atoms with Crippen LogP contribution in [0, 0.1) is 0 Å². The average Bonchev–Trinajstić information content (AvgIpc) is 3.28. The Morgan fingerprint density at radius 2 is 1.31 bits per heavy atom. The molecule has 0 saturated heterocycles. The summed E-state index contributed by atoms with van der Waals surface area (Å²) >= 11 is 0. The normalized spacial score (nSPS) is 14.2. The summed E-state index contributed by atoms with van der Waals surface area (Å²) in [5.74, 6) is 0. The number of rotatable bonds is 1. The molecule has 6 aromatic rings. The van der Waals surface area contributed by atoms with Crippen molar-refractivity contribution in [2.75, 3.05) is 0 Å². The average molecular weight is 410 g/mol. The van der Waals surface area contributed by atoms with Crippen LogP contribution in [-0.4, -0.2) is 4.57 Å². The van der Waals surface area contributed by atoms with Gasteiger partial charge in [-0.05, 0) is 69.4 Å². The Morgan fingerprint density at radius 3 is 2.19 bits per heavy atom. The molecule has 0 unspecified atom stereocenters. The second-order valence-corrected chi connectivity index (χ2v) is 9.44. The van der Waals surface area contributed by atoms with Crippen LogP contribution in [0.5, 0.6) is 0 Å². The highest BCUT2D eigenvalue weighted by atomic mass is 15.0. The molecule has 0 radical (unpaired) electrons. The van der Waals surface area contributed by atoms with Gasteiger partial charge in [-0.1, -0.05) is 80.6 Å². The van der Waals surface area contributed by atoms with Crippen LogP contribution in [0.4, 0.5) is 0 Å². The van der Waals surface area contributed by atoms with E-state index in [1.807, 2.05) is 0 Å². The molecule has 0 aliphatic heterocycles. The van der Waals surface area contributed by atoms with Gasteiger partial charge in [0, 0.05) is 21.9 Å². The molecule has 0 bridgehead atoms. The van der Waals surface area contributed by atoms with Crippen LogP contribution in [0.2, 0.25) is 0 Å². The highest BCUT2D eigenvalue weighted by Crippen LogP contribution is 2.50. The number of aromatic nitrogens is 1. The van der Waals surface area contributed by atoms with Gasteiger partial charge in [-0.15, -0.1) is 0 Å². The summed E-state index contributed by atoms with van der Waals surface area (Å²) in [6, 6.07) is 37.8. The highest BCUT2D eigenvalue weighted by molar-refractivity contribution is 6.22. The van der Waals surface area contributed by atoms with Crippen LogP contribution < -0.4 is 0 Å². The quantitative estimate of drug-likeness (QED) is 0.258. The third kappa shape index (κ3) is 2.18. The lowest BCUT2D eigenvalue weighted by Crippen LogP contribution is -2.14. The molecular formula is C31H23N. The lowest BCUT2D eigenvalue weighted by Gasteiger charge is -2.21. The van der Waals surface area contributed by atoms with Gasteiger partial charge in [-0.3, -0.25) is 0 Å². The molecule has 1 nitrogen and oxygen atoms in total. The Labute approximate surface area is 187 Å². The fraction of sp³-hybridized carbons (Fsp3) is 0.0968. The fourth-order valence-electron chi connectivity index (χ4n) is 5.84. The molecule has 1 aliphatic carbocycles. The molecule has 5 aromatic carbocycles. The van der Waals surface area contributed by atoms with Crippen LogP contribution >= 0.6 is 0 Å². The molecule has 0 atom stereocenters. The maximum absolute atomic E-state index is 2.47. The van der Waals surface area contributed by atoms with Crippen LogP contribution in [-0.2, 0) is 5.41 Å². The Kier molecular flexibility index (Phi) is 3.40. The van der Waals surface area contributed by atoms with E-state index in [2.05, 4.69) is 122 Å². The van der Waals surface area contributed by atoms with Crippen molar-refractivity contribution >= 4 is 32.6 Å². The molecule has 0 amide bonds. The predicted molar refractivity (Wildman–Crippen MR) is 136 cm³/mol. The monoisotopic (exact) mass is 409 g/mol. The van der Waals surface area contributed by atoms with E-state index >= 15 is 0 Å². The topological polar surface area (TPSA) is 4.93 Å². The van der Waals surface area contributed by atoms with Gasteiger partial charge in [-0.25, -0.2) is 0 Å². The summed E-state index contributed by atoms with van der Waals surface area (Å²) in [6.07, 6.45) is 0. The maximum atomic E-state index is 2.47. The van der Waals surface area contributed by atoms with Crippen molar-refractivity contribution in [3.8, 4) is 16.8 Å². The first-order chi connectivity index (χ1) is 15.6. The van der Waals surface area contributed by atoms with Crippen molar-refractivity contribution in [1.82, 2.24) is 4.57 Å². The minimum absolute atomic E-state index is 0.0000801.